The van der Waals surface area contributed by atoms with Crippen LogP contribution in [0.3, 0.4) is 0 Å². The lowest BCUT2D eigenvalue weighted by Crippen LogP contribution is -2.30. The SMILES string of the molecule is Clc1cc(Nc2ncnc3cc4c(cc23)OC(CCOCc2ccccc2)CO4)ccc1Br. The predicted molar refractivity (Wildman–Crippen MR) is 133 cm³/mol. The summed E-state index contributed by atoms with van der Waals surface area (Å²) in [6.45, 7) is 1.65. The third kappa shape index (κ3) is 5.21. The van der Waals surface area contributed by atoms with Gasteiger partial charge in [-0.2, -0.15) is 0 Å². The van der Waals surface area contributed by atoms with Crippen LogP contribution in [0.4, 0.5) is 11.5 Å². The van der Waals surface area contributed by atoms with E-state index >= 15 is 0 Å². The number of hydrogen-bond donors (Lipinski definition) is 1. The Bertz CT molecular complexity index is 1270. The van der Waals surface area contributed by atoms with Crippen molar-refractivity contribution in [1.82, 2.24) is 9.97 Å². The van der Waals surface area contributed by atoms with Crippen molar-refractivity contribution in [3.05, 3.63) is 82.0 Å². The summed E-state index contributed by atoms with van der Waals surface area (Å²) in [6, 6.07) is 19.6. The molecular formula is C25H21BrClN3O3. The summed E-state index contributed by atoms with van der Waals surface area (Å²) in [7, 11) is 0. The Morgan fingerprint density at radius 1 is 1.06 bits per heavy atom. The quantitative estimate of drug-likeness (QED) is 0.276. The van der Waals surface area contributed by atoms with E-state index in [0.29, 0.717) is 42.2 Å². The Morgan fingerprint density at radius 2 is 1.94 bits per heavy atom. The first-order chi connectivity index (χ1) is 16.2. The van der Waals surface area contributed by atoms with Crippen molar-refractivity contribution >= 4 is 49.9 Å². The van der Waals surface area contributed by atoms with Gasteiger partial charge in [0.25, 0.3) is 0 Å². The van der Waals surface area contributed by atoms with E-state index in [9.17, 15) is 0 Å². The van der Waals surface area contributed by atoms with Crippen molar-refractivity contribution in [3.8, 4) is 11.5 Å². The molecule has 0 aliphatic carbocycles. The summed E-state index contributed by atoms with van der Waals surface area (Å²) in [5, 5.41) is 4.77. The van der Waals surface area contributed by atoms with Crippen LogP contribution in [0, 0.1) is 0 Å². The van der Waals surface area contributed by atoms with Gasteiger partial charge < -0.3 is 19.5 Å². The highest BCUT2D eigenvalue weighted by atomic mass is 79.9. The number of ether oxygens (including phenoxy) is 3. The number of rotatable bonds is 7. The Labute approximate surface area is 205 Å². The first-order valence-electron chi connectivity index (χ1n) is 10.6. The van der Waals surface area contributed by atoms with Crippen molar-refractivity contribution in [3.63, 3.8) is 0 Å². The minimum Gasteiger partial charge on any atom is -0.486 e. The predicted octanol–water partition coefficient (Wildman–Crippen LogP) is 6.54. The molecule has 5 rings (SSSR count). The molecule has 2 heterocycles. The normalized spacial score (nSPS) is 14.9. The number of nitrogens with zero attached hydrogens (tertiary/aromatic N) is 2. The molecule has 0 spiro atoms. The van der Waals surface area contributed by atoms with Gasteiger partial charge in [0, 0.05) is 28.0 Å². The summed E-state index contributed by atoms with van der Waals surface area (Å²) >= 11 is 9.64. The monoisotopic (exact) mass is 525 g/mol. The first-order valence-corrected chi connectivity index (χ1v) is 11.7. The molecule has 1 aromatic heterocycles. The average molecular weight is 527 g/mol. The summed E-state index contributed by atoms with van der Waals surface area (Å²) in [6.07, 6.45) is 2.17. The van der Waals surface area contributed by atoms with Gasteiger partial charge in [-0.05, 0) is 45.8 Å². The van der Waals surface area contributed by atoms with Gasteiger partial charge in [-0.15, -0.1) is 0 Å². The number of aromatic nitrogens is 2. The zero-order chi connectivity index (χ0) is 22.6. The lowest BCUT2D eigenvalue weighted by molar-refractivity contribution is 0.0443. The maximum atomic E-state index is 6.23. The maximum Gasteiger partial charge on any atom is 0.163 e. The standard InChI is InChI=1S/C25H21BrClN3O3/c26-20-7-6-17(10-21(20)27)30-25-19-11-24-23(12-22(19)28-15-29-25)32-14-18(33-24)8-9-31-13-16-4-2-1-3-5-16/h1-7,10-12,15,18H,8-9,13-14H2,(H,28,29,30). The van der Waals surface area contributed by atoms with Gasteiger partial charge in [-0.3, -0.25) is 0 Å². The second-order valence-electron chi connectivity index (χ2n) is 7.67. The molecule has 0 amide bonds. The topological polar surface area (TPSA) is 65.5 Å². The molecule has 0 saturated heterocycles. The molecule has 4 aromatic rings. The van der Waals surface area contributed by atoms with E-state index in [0.717, 1.165) is 33.0 Å². The van der Waals surface area contributed by atoms with E-state index < -0.39 is 0 Å². The Morgan fingerprint density at radius 3 is 2.79 bits per heavy atom. The van der Waals surface area contributed by atoms with Crippen LogP contribution in [0.1, 0.15) is 12.0 Å². The highest BCUT2D eigenvalue weighted by molar-refractivity contribution is 9.10. The lowest BCUT2D eigenvalue weighted by Gasteiger charge is -2.27. The molecule has 1 atom stereocenters. The summed E-state index contributed by atoms with van der Waals surface area (Å²) in [5.74, 6) is 2.02. The largest absolute Gasteiger partial charge is 0.486 e. The molecule has 1 N–H and O–H groups in total. The average Bonchev–Trinajstić information content (AvgIpc) is 2.84. The van der Waals surface area contributed by atoms with Crippen LogP contribution in [0.5, 0.6) is 11.5 Å². The molecule has 6 nitrogen and oxygen atoms in total. The van der Waals surface area contributed by atoms with Crippen molar-refractivity contribution in [1.29, 1.82) is 0 Å². The van der Waals surface area contributed by atoms with Crippen LogP contribution in [-0.2, 0) is 11.3 Å². The summed E-state index contributed by atoms with van der Waals surface area (Å²) < 4.78 is 18.8. The fourth-order valence-electron chi connectivity index (χ4n) is 3.60. The Balaban J connectivity index is 1.28. The van der Waals surface area contributed by atoms with Crippen molar-refractivity contribution < 1.29 is 14.2 Å². The molecule has 0 saturated carbocycles. The molecule has 0 fully saturated rings. The number of nitrogens with one attached hydrogen (secondary N) is 1. The van der Waals surface area contributed by atoms with Crippen LogP contribution in [0.2, 0.25) is 5.02 Å². The number of fused-ring (bicyclic) bond motifs is 2. The molecule has 1 unspecified atom stereocenters. The minimum absolute atomic E-state index is 0.0861. The molecule has 33 heavy (non-hydrogen) atoms. The third-order valence-corrected chi connectivity index (χ3v) is 6.53. The molecule has 1 aliphatic rings. The van der Waals surface area contributed by atoms with Crippen LogP contribution in [0.25, 0.3) is 10.9 Å². The van der Waals surface area contributed by atoms with Gasteiger partial charge in [0.05, 0.1) is 23.8 Å². The summed E-state index contributed by atoms with van der Waals surface area (Å²) in [4.78, 5) is 8.81. The zero-order valence-corrected chi connectivity index (χ0v) is 20.0. The van der Waals surface area contributed by atoms with E-state index in [4.69, 9.17) is 25.8 Å². The molecule has 8 heteroatoms. The molecular weight excluding hydrogens is 506 g/mol. The fraction of sp³-hybridized carbons (Fsp3) is 0.200. The Kier molecular flexibility index (Phi) is 6.62. The van der Waals surface area contributed by atoms with Crippen molar-refractivity contribution in [2.45, 2.75) is 19.1 Å². The van der Waals surface area contributed by atoms with E-state index in [2.05, 4.69) is 43.3 Å². The van der Waals surface area contributed by atoms with Crippen LogP contribution in [0.15, 0.2) is 71.5 Å². The van der Waals surface area contributed by atoms with E-state index in [1.165, 1.54) is 6.33 Å². The van der Waals surface area contributed by atoms with E-state index in [-0.39, 0.29) is 6.10 Å². The van der Waals surface area contributed by atoms with Gasteiger partial charge in [0.15, 0.2) is 11.5 Å². The summed E-state index contributed by atoms with van der Waals surface area (Å²) in [5.41, 5.74) is 2.75. The Hall–Kier alpha value is -2.87. The van der Waals surface area contributed by atoms with E-state index in [1.54, 1.807) is 0 Å². The molecule has 168 valence electrons. The number of hydrogen-bond acceptors (Lipinski definition) is 6. The minimum atomic E-state index is -0.0861. The first kappa shape index (κ1) is 21.9. The van der Waals surface area contributed by atoms with Crippen LogP contribution in [-0.4, -0.2) is 29.3 Å². The molecule has 0 radical (unpaired) electrons. The number of anilines is 2. The second kappa shape index (κ2) is 9.95. The number of benzene rings is 3. The van der Waals surface area contributed by atoms with Crippen LogP contribution >= 0.6 is 27.5 Å². The zero-order valence-electron chi connectivity index (χ0n) is 17.6. The van der Waals surface area contributed by atoms with Gasteiger partial charge in [-0.25, -0.2) is 9.97 Å². The van der Waals surface area contributed by atoms with Crippen molar-refractivity contribution in [2.75, 3.05) is 18.5 Å². The van der Waals surface area contributed by atoms with Gasteiger partial charge in [0.1, 0.15) is 24.9 Å². The molecule has 0 bridgehead atoms. The van der Waals surface area contributed by atoms with Gasteiger partial charge in [-0.1, -0.05) is 41.9 Å². The lowest BCUT2D eigenvalue weighted by atomic mass is 10.1. The van der Waals surface area contributed by atoms with Crippen LogP contribution < -0.4 is 14.8 Å². The fourth-order valence-corrected chi connectivity index (χ4v) is 4.02. The molecule has 1 aliphatic heterocycles. The maximum absolute atomic E-state index is 6.23. The molecule has 3 aromatic carbocycles. The van der Waals surface area contributed by atoms with Gasteiger partial charge in [0.2, 0.25) is 0 Å². The van der Waals surface area contributed by atoms with Crippen molar-refractivity contribution in [2.24, 2.45) is 0 Å². The number of halogens is 2. The highest BCUT2D eigenvalue weighted by Crippen LogP contribution is 2.38. The highest BCUT2D eigenvalue weighted by Gasteiger charge is 2.22. The second-order valence-corrected chi connectivity index (χ2v) is 8.93. The third-order valence-electron chi connectivity index (χ3n) is 5.30. The smallest absolute Gasteiger partial charge is 0.163 e. The van der Waals surface area contributed by atoms with Gasteiger partial charge >= 0.3 is 0 Å². The van der Waals surface area contributed by atoms with E-state index in [1.807, 2.05) is 48.5 Å².